The molecule has 0 aromatic carbocycles. The van der Waals surface area contributed by atoms with Gasteiger partial charge in [0.25, 0.3) is 0 Å². The maximum atomic E-state index is 10.2. The van der Waals surface area contributed by atoms with Crippen molar-refractivity contribution in [3.05, 3.63) is 5.01 Å². The summed E-state index contributed by atoms with van der Waals surface area (Å²) in [6, 6.07) is 0. The molecule has 2 unspecified atom stereocenters. The SMILES string of the molecule is CCCc1nnc(N2CCC3(CC2)C(O)CC3OCC)s1. The predicted molar refractivity (Wildman–Crippen MR) is 83.8 cm³/mol. The van der Waals surface area contributed by atoms with Crippen LogP contribution < -0.4 is 4.90 Å². The normalized spacial score (nSPS) is 27.9. The maximum Gasteiger partial charge on any atom is 0.208 e. The van der Waals surface area contributed by atoms with Crippen LogP contribution in [0, 0.1) is 5.41 Å². The van der Waals surface area contributed by atoms with E-state index in [9.17, 15) is 5.11 Å². The Hall–Kier alpha value is -0.720. The van der Waals surface area contributed by atoms with E-state index in [4.69, 9.17) is 4.74 Å². The Labute approximate surface area is 130 Å². The highest BCUT2D eigenvalue weighted by molar-refractivity contribution is 7.15. The Morgan fingerprint density at radius 2 is 2.10 bits per heavy atom. The molecule has 0 radical (unpaired) electrons. The monoisotopic (exact) mass is 311 g/mol. The van der Waals surface area contributed by atoms with Gasteiger partial charge in [-0.05, 0) is 26.2 Å². The molecule has 1 aromatic rings. The molecule has 1 aromatic heterocycles. The van der Waals surface area contributed by atoms with Gasteiger partial charge in [-0.25, -0.2) is 0 Å². The summed E-state index contributed by atoms with van der Waals surface area (Å²) in [6.07, 6.45) is 4.95. The first kappa shape index (κ1) is 15.2. The van der Waals surface area contributed by atoms with Crippen LogP contribution in [-0.4, -0.2) is 47.2 Å². The first-order valence-corrected chi connectivity index (χ1v) is 8.88. The second-order valence-corrected chi connectivity index (χ2v) is 7.18. The van der Waals surface area contributed by atoms with Crippen molar-refractivity contribution < 1.29 is 9.84 Å². The Morgan fingerprint density at radius 1 is 1.33 bits per heavy atom. The Balaban J connectivity index is 1.61. The van der Waals surface area contributed by atoms with E-state index in [1.807, 2.05) is 6.92 Å². The van der Waals surface area contributed by atoms with Crippen LogP contribution in [0.2, 0.25) is 0 Å². The summed E-state index contributed by atoms with van der Waals surface area (Å²) in [5.74, 6) is 0. The standard InChI is InChI=1S/C15H25N3O2S/c1-3-5-13-16-17-14(21-13)18-8-6-15(7-9-18)11(19)10-12(15)20-4-2/h11-12,19H,3-10H2,1-2H3. The van der Waals surface area contributed by atoms with Crippen LogP contribution >= 0.6 is 11.3 Å². The van der Waals surface area contributed by atoms with Gasteiger partial charge < -0.3 is 14.7 Å². The van der Waals surface area contributed by atoms with E-state index in [-0.39, 0.29) is 17.6 Å². The lowest BCUT2D eigenvalue weighted by atomic mass is 9.58. The number of nitrogens with zero attached hydrogens (tertiary/aromatic N) is 3. The molecule has 6 heteroatoms. The van der Waals surface area contributed by atoms with Gasteiger partial charge in [-0.1, -0.05) is 18.3 Å². The van der Waals surface area contributed by atoms with E-state index in [2.05, 4.69) is 22.0 Å². The molecule has 1 saturated heterocycles. The van der Waals surface area contributed by atoms with Crippen LogP contribution in [0.1, 0.15) is 44.5 Å². The zero-order chi connectivity index (χ0) is 14.9. The Morgan fingerprint density at radius 3 is 2.71 bits per heavy atom. The summed E-state index contributed by atoms with van der Waals surface area (Å²) >= 11 is 1.71. The molecule has 1 aliphatic carbocycles. The quantitative estimate of drug-likeness (QED) is 0.904. The second kappa shape index (κ2) is 6.18. The molecule has 5 nitrogen and oxygen atoms in total. The van der Waals surface area contributed by atoms with Gasteiger partial charge in [0.05, 0.1) is 12.2 Å². The van der Waals surface area contributed by atoms with Gasteiger partial charge in [0.2, 0.25) is 5.13 Å². The number of ether oxygens (including phenoxy) is 1. The summed E-state index contributed by atoms with van der Waals surface area (Å²) < 4.78 is 5.81. The van der Waals surface area contributed by atoms with Crippen molar-refractivity contribution in [3.63, 3.8) is 0 Å². The number of aliphatic hydroxyl groups is 1. The number of rotatable bonds is 5. The summed E-state index contributed by atoms with van der Waals surface area (Å²) in [5, 5.41) is 21.0. The molecule has 1 aliphatic heterocycles. The molecule has 3 rings (SSSR count). The lowest BCUT2D eigenvalue weighted by Crippen LogP contribution is -2.62. The molecule has 2 fully saturated rings. The lowest BCUT2D eigenvalue weighted by molar-refractivity contribution is -0.199. The number of piperidine rings is 1. The molecular weight excluding hydrogens is 286 g/mol. The summed E-state index contributed by atoms with van der Waals surface area (Å²) in [7, 11) is 0. The van der Waals surface area contributed by atoms with Crippen LogP contribution in [0.25, 0.3) is 0 Å². The summed E-state index contributed by atoms with van der Waals surface area (Å²) in [6.45, 7) is 6.82. The van der Waals surface area contributed by atoms with Gasteiger partial charge in [-0.2, -0.15) is 0 Å². The molecule has 0 amide bonds. The molecule has 21 heavy (non-hydrogen) atoms. The van der Waals surface area contributed by atoms with Crippen molar-refractivity contribution in [2.75, 3.05) is 24.6 Å². The van der Waals surface area contributed by atoms with Crippen molar-refractivity contribution in [2.24, 2.45) is 5.41 Å². The highest BCUT2D eigenvalue weighted by Gasteiger charge is 2.56. The maximum absolute atomic E-state index is 10.2. The minimum Gasteiger partial charge on any atom is -0.392 e. The highest BCUT2D eigenvalue weighted by atomic mass is 32.1. The van der Waals surface area contributed by atoms with Crippen LogP contribution in [-0.2, 0) is 11.2 Å². The number of anilines is 1. The Kier molecular flexibility index (Phi) is 4.47. The second-order valence-electron chi connectivity index (χ2n) is 6.14. The van der Waals surface area contributed by atoms with E-state index in [0.717, 1.165) is 61.9 Å². The molecular formula is C15H25N3O2S. The average Bonchev–Trinajstić information content (AvgIpc) is 2.96. The predicted octanol–water partition coefficient (Wildman–Crippen LogP) is 2.25. The lowest BCUT2D eigenvalue weighted by Gasteiger charge is -2.56. The molecule has 1 N–H and O–H groups in total. The first-order valence-electron chi connectivity index (χ1n) is 8.06. The fraction of sp³-hybridized carbons (Fsp3) is 0.867. The van der Waals surface area contributed by atoms with E-state index in [1.54, 1.807) is 11.3 Å². The fourth-order valence-corrected chi connectivity index (χ4v) is 4.61. The summed E-state index contributed by atoms with van der Waals surface area (Å²) in [4.78, 5) is 2.32. The molecule has 118 valence electrons. The molecule has 2 atom stereocenters. The first-order chi connectivity index (χ1) is 10.2. The van der Waals surface area contributed by atoms with E-state index >= 15 is 0 Å². The van der Waals surface area contributed by atoms with Gasteiger partial charge in [0.15, 0.2) is 0 Å². The van der Waals surface area contributed by atoms with Gasteiger partial charge >= 0.3 is 0 Å². The van der Waals surface area contributed by atoms with Gasteiger partial charge in [-0.15, -0.1) is 10.2 Å². The van der Waals surface area contributed by atoms with Crippen LogP contribution in [0.3, 0.4) is 0 Å². The molecule has 2 heterocycles. The van der Waals surface area contributed by atoms with Crippen LogP contribution in [0.4, 0.5) is 5.13 Å². The number of hydrogen-bond acceptors (Lipinski definition) is 6. The van der Waals surface area contributed by atoms with E-state index in [1.165, 1.54) is 0 Å². The summed E-state index contributed by atoms with van der Waals surface area (Å²) in [5.41, 5.74) is -0.0105. The van der Waals surface area contributed by atoms with Gasteiger partial charge in [0, 0.05) is 38.0 Å². The number of aliphatic hydroxyl groups excluding tert-OH is 1. The van der Waals surface area contributed by atoms with Gasteiger partial charge in [0.1, 0.15) is 5.01 Å². The Bertz CT molecular complexity index is 469. The van der Waals surface area contributed by atoms with Crippen molar-refractivity contribution in [1.82, 2.24) is 10.2 Å². The highest BCUT2D eigenvalue weighted by Crippen LogP contribution is 2.51. The molecule has 1 saturated carbocycles. The van der Waals surface area contributed by atoms with Crippen LogP contribution in [0.5, 0.6) is 0 Å². The zero-order valence-corrected chi connectivity index (χ0v) is 13.7. The number of hydrogen-bond donors (Lipinski definition) is 1. The van der Waals surface area contributed by atoms with Crippen molar-refractivity contribution in [2.45, 2.75) is 58.2 Å². The molecule has 2 aliphatic rings. The molecule has 0 bridgehead atoms. The zero-order valence-electron chi connectivity index (χ0n) is 12.9. The minimum atomic E-state index is -0.193. The number of aromatic nitrogens is 2. The van der Waals surface area contributed by atoms with Crippen molar-refractivity contribution >= 4 is 16.5 Å². The third kappa shape index (κ3) is 2.69. The van der Waals surface area contributed by atoms with E-state index in [0.29, 0.717) is 0 Å². The third-order valence-electron chi connectivity index (χ3n) is 4.99. The van der Waals surface area contributed by atoms with E-state index < -0.39 is 0 Å². The third-order valence-corrected chi connectivity index (χ3v) is 6.04. The van der Waals surface area contributed by atoms with Crippen molar-refractivity contribution in [3.8, 4) is 0 Å². The smallest absolute Gasteiger partial charge is 0.208 e. The van der Waals surface area contributed by atoms with Crippen molar-refractivity contribution in [1.29, 1.82) is 0 Å². The number of aryl methyl sites for hydroxylation is 1. The van der Waals surface area contributed by atoms with Gasteiger partial charge in [-0.3, -0.25) is 0 Å². The molecule has 1 spiro atoms. The minimum absolute atomic E-state index is 0.0105. The largest absolute Gasteiger partial charge is 0.392 e. The average molecular weight is 311 g/mol. The fourth-order valence-electron chi connectivity index (χ4n) is 3.62. The topological polar surface area (TPSA) is 58.5 Å². The van der Waals surface area contributed by atoms with Crippen LogP contribution in [0.15, 0.2) is 0 Å².